The molecular weight excluding hydrogens is 456 g/mol. The average Bonchev–Trinajstić information content (AvgIpc) is 3.66. The molecule has 2 amide bonds. The molecule has 3 aliphatic carbocycles. The number of amides is 2. The van der Waals surface area contributed by atoms with Crippen molar-refractivity contribution in [1.82, 2.24) is 14.2 Å². The van der Waals surface area contributed by atoms with Crippen LogP contribution < -0.4 is 4.90 Å². The van der Waals surface area contributed by atoms with Crippen LogP contribution >= 0.6 is 11.5 Å². The van der Waals surface area contributed by atoms with Crippen molar-refractivity contribution in [2.75, 3.05) is 44.2 Å². The Kier molecular flexibility index (Phi) is 5.61. The monoisotopic (exact) mass is 492 g/mol. The molecule has 0 radical (unpaired) electrons. The van der Waals surface area contributed by atoms with Crippen molar-refractivity contribution in [2.45, 2.75) is 44.9 Å². The summed E-state index contributed by atoms with van der Waals surface area (Å²) in [5.41, 5.74) is 0. The van der Waals surface area contributed by atoms with Crippen LogP contribution in [0.15, 0.2) is 24.3 Å². The molecular formula is C28H36N4O2S. The van der Waals surface area contributed by atoms with Gasteiger partial charge in [0.05, 0.1) is 16.5 Å². The molecule has 2 saturated heterocycles. The number of nitrogens with zero attached hydrogens (tertiary/aromatic N) is 4. The van der Waals surface area contributed by atoms with Crippen LogP contribution in [-0.4, -0.2) is 65.3 Å². The Morgan fingerprint density at radius 2 is 1.49 bits per heavy atom. The first kappa shape index (κ1) is 22.2. The first-order valence-corrected chi connectivity index (χ1v) is 14.6. The molecule has 0 N–H and O–H groups in total. The van der Waals surface area contributed by atoms with Gasteiger partial charge >= 0.3 is 0 Å². The Bertz CT molecular complexity index is 1100. The minimum Gasteiger partial charge on any atom is -0.353 e. The van der Waals surface area contributed by atoms with E-state index in [0.717, 1.165) is 64.2 Å². The van der Waals surface area contributed by atoms with Crippen LogP contribution in [-0.2, 0) is 9.59 Å². The molecule has 186 valence electrons. The molecule has 2 aliphatic heterocycles. The zero-order valence-electron chi connectivity index (χ0n) is 20.5. The molecule has 6 nitrogen and oxygen atoms in total. The molecule has 7 heteroatoms. The summed E-state index contributed by atoms with van der Waals surface area (Å²) in [6.45, 7) is 5.93. The minimum absolute atomic E-state index is 0.0261. The van der Waals surface area contributed by atoms with E-state index in [0.29, 0.717) is 30.2 Å². The Balaban J connectivity index is 0.986. The van der Waals surface area contributed by atoms with Gasteiger partial charge in [-0.2, -0.15) is 4.37 Å². The molecule has 35 heavy (non-hydrogen) atoms. The number of benzene rings is 1. The second kappa shape index (κ2) is 8.84. The molecule has 1 aromatic carbocycles. The Hall–Kier alpha value is -1.99. The summed E-state index contributed by atoms with van der Waals surface area (Å²) in [5.74, 6) is 3.59. The van der Waals surface area contributed by atoms with Crippen LogP contribution in [0.4, 0.5) is 5.82 Å². The van der Waals surface area contributed by atoms with E-state index in [2.05, 4.69) is 34.1 Å². The van der Waals surface area contributed by atoms with Gasteiger partial charge in [0.2, 0.25) is 11.8 Å². The van der Waals surface area contributed by atoms with Crippen LogP contribution in [0.25, 0.3) is 10.1 Å². The number of imide groups is 1. The van der Waals surface area contributed by atoms with E-state index in [9.17, 15) is 9.59 Å². The van der Waals surface area contributed by atoms with Gasteiger partial charge in [0.1, 0.15) is 5.82 Å². The summed E-state index contributed by atoms with van der Waals surface area (Å²) in [6, 6.07) is 8.54. The van der Waals surface area contributed by atoms with E-state index >= 15 is 0 Å². The lowest BCUT2D eigenvalue weighted by Crippen LogP contribution is -2.49. The maximum absolute atomic E-state index is 13.3. The maximum atomic E-state index is 13.3. The fourth-order valence-corrected chi connectivity index (χ4v) is 9.02. The predicted octanol–water partition coefficient (Wildman–Crippen LogP) is 4.26. The van der Waals surface area contributed by atoms with Crippen molar-refractivity contribution >= 4 is 39.3 Å². The average molecular weight is 493 g/mol. The van der Waals surface area contributed by atoms with Gasteiger partial charge in [0.15, 0.2) is 0 Å². The van der Waals surface area contributed by atoms with Gasteiger partial charge in [-0.15, -0.1) is 0 Å². The Labute approximate surface area is 211 Å². The lowest BCUT2D eigenvalue weighted by Gasteiger charge is -2.40. The number of aromatic nitrogens is 1. The Morgan fingerprint density at radius 3 is 2.20 bits per heavy atom. The normalized spacial score (nSPS) is 35.4. The van der Waals surface area contributed by atoms with E-state index in [-0.39, 0.29) is 23.7 Å². The van der Waals surface area contributed by atoms with Gasteiger partial charge < -0.3 is 4.90 Å². The summed E-state index contributed by atoms with van der Waals surface area (Å²) in [6.07, 6.45) is 8.35. The number of likely N-dealkylation sites (tertiary alicyclic amines) is 1. The molecule has 2 bridgehead atoms. The zero-order valence-corrected chi connectivity index (χ0v) is 21.3. The van der Waals surface area contributed by atoms with Gasteiger partial charge in [-0.1, -0.05) is 25.0 Å². The lowest BCUT2D eigenvalue weighted by atomic mass is 9.78. The van der Waals surface area contributed by atoms with Crippen molar-refractivity contribution in [3.8, 4) is 0 Å². The van der Waals surface area contributed by atoms with Crippen LogP contribution in [0.2, 0.25) is 0 Å². The van der Waals surface area contributed by atoms with E-state index in [1.165, 1.54) is 29.3 Å². The summed E-state index contributed by atoms with van der Waals surface area (Å²) >= 11 is 1.60. The second-order valence-electron chi connectivity index (χ2n) is 11.8. The van der Waals surface area contributed by atoms with Gasteiger partial charge in [0.25, 0.3) is 0 Å². The number of piperazine rings is 1. The topological polar surface area (TPSA) is 56.8 Å². The third-order valence-corrected chi connectivity index (χ3v) is 10.8. The highest BCUT2D eigenvalue weighted by Crippen LogP contribution is 2.56. The fraction of sp³-hybridized carbons (Fsp3) is 0.679. The largest absolute Gasteiger partial charge is 0.353 e. The van der Waals surface area contributed by atoms with Gasteiger partial charge in [-0.25, -0.2) is 0 Å². The molecule has 5 aliphatic rings. The second-order valence-corrected chi connectivity index (χ2v) is 12.6. The van der Waals surface area contributed by atoms with Gasteiger partial charge in [-0.05, 0) is 79.4 Å². The van der Waals surface area contributed by atoms with E-state index in [4.69, 9.17) is 4.37 Å². The van der Waals surface area contributed by atoms with Crippen molar-refractivity contribution in [1.29, 1.82) is 0 Å². The molecule has 5 fully saturated rings. The number of carbonyl (C=O) groups is 2. The molecule has 2 aromatic rings. The van der Waals surface area contributed by atoms with Crippen LogP contribution in [0.5, 0.6) is 0 Å². The summed E-state index contributed by atoms with van der Waals surface area (Å²) in [7, 11) is 0. The van der Waals surface area contributed by atoms with E-state index in [1.54, 1.807) is 16.4 Å². The first-order chi connectivity index (χ1) is 17.2. The molecule has 6 atom stereocenters. The molecule has 7 rings (SSSR count). The van der Waals surface area contributed by atoms with E-state index in [1.807, 2.05) is 0 Å². The SMILES string of the molecule is O=C1[C@@H]2[C@H]3CC[C@H](C3)[C@@H]2C(=O)N1CC1CCCC[C@H]1CN1CCN(c2nsc3ccccc23)CC1. The highest BCUT2D eigenvalue weighted by molar-refractivity contribution is 7.13. The highest BCUT2D eigenvalue weighted by atomic mass is 32.1. The molecule has 1 unspecified atom stereocenters. The van der Waals surface area contributed by atoms with Crippen molar-refractivity contribution in [2.24, 2.45) is 35.5 Å². The number of fused-ring (bicyclic) bond motifs is 6. The quantitative estimate of drug-likeness (QED) is 0.584. The summed E-state index contributed by atoms with van der Waals surface area (Å²) in [4.78, 5) is 33.4. The third-order valence-electron chi connectivity index (χ3n) is 10.0. The molecule has 0 spiro atoms. The van der Waals surface area contributed by atoms with E-state index < -0.39 is 0 Å². The van der Waals surface area contributed by atoms with Crippen LogP contribution in [0, 0.1) is 35.5 Å². The zero-order chi connectivity index (χ0) is 23.5. The number of carbonyl (C=O) groups excluding carboxylic acids is 2. The fourth-order valence-electron chi connectivity index (χ4n) is 8.22. The minimum atomic E-state index is 0.0261. The van der Waals surface area contributed by atoms with Gasteiger partial charge in [-0.3, -0.25) is 19.4 Å². The third kappa shape index (κ3) is 3.72. The predicted molar refractivity (Wildman–Crippen MR) is 138 cm³/mol. The number of rotatable bonds is 5. The van der Waals surface area contributed by atoms with Crippen molar-refractivity contribution < 1.29 is 9.59 Å². The standard InChI is InChI=1S/C28H36N4O2S/c33-27-24-18-9-10-19(15-18)25(24)28(34)32(27)17-21-6-2-1-5-20(21)16-30-11-13-31(14-12-30)26-22-7-3-4-8-23(22)35-29-26/h3-4,7-8,18-21,24-25H,1-2,5-6,9-17H2/t18-,19+,20-,21?,24+,25-/m0/s1. The summed E-state index contributed by atoms with van der Waals surface area (Å²) < 4.78 is 6.02. The summed E-state index contributed by atoms with van der Waals surface area (Å²) in [5, 5.41) is 1.27. The van der Waals surface area contributed by atoms with Gasteiger partial charge in [0, 0.05) is 44.7 Å². The maximum Gasteiger partial charge on any atom is 0.233 e. The number of hydrogen-bond donors (Lipinski definition) is 0. The molecule has 1 aromatic heterocycles. The van der Waals surface area contributed by atoms with Crippen molar-refractivity contribution in [3.05, 3.63) is 24.3 Å². The molecule has 3 heterocycles. The number of hydrogen-bond acceptors (Lipinski definition) is 6. The highest BCUT2D eigenvalue weighted by Gasteiger charge is 2.61. The molecule has 3 saturated carbocycles. The van der Waals surface area contributed by atoms with Crippen LogP contribution in [0.3, 0.4) is 0 Å². The Morgan fingerprint density at radius 1 is 0.829 bits per heavy atom. The number of anilines is 1. The first-order valence-electron chi connectivity index (χ1n) is 13.8. The van der Waals surface area contributed by atoms with Crippen LogP contribution in [0.1, 0.15) is 44.9 Å². The lowest BCUT2D eigenvalue weighted by molar-refractivity contribution is -0.142. The van der Waals surface area contributed by atoms with Crippen molar-refractivity contribution in [3.63, 3.8) is 0 Å². The smallest absolute Gasteiger partial charge is 0.233 e.